The molecule has 5 rings (SSSR count). The monoisotopic (exact) mass is 348 g/mol. The fraction of sp³-hybridized carbons (Fsp3) is 0.409. The zero-order valence-electron chi connectivity index (χ0n) is 15.1. The number of nitrogens with zero attached hydrogens (tertiary/aromatic N) is 2. The molecule has 0 radical (unpaired) electrons. The van der Waals surface area contributed by atoms with Crippen LogP contribution in [0.3, 0.4) is 0 Å². The van der Waals surface area contributed by atoms with E-state index < -0.39 is 5.91 Å². The van der Waals surface area contributed by atoms with Crippen molar-refractivity contribution in [3.63, 3.8) is 0 Å². The van der Waals surface area contributed by atoms with Crippen LogP contribution < -0.4 is 0 Å². The predicted octanol–water partition coefficient (Wildman–Crippen LogP) is 4.39. The topological polar surface area (TPSA) is 34.1 Å². The van der Waals surface area contributed by atoms with E-state index in [0.717, 1.165) is 30.0 Å². The molecule has 0 amide bonds. The molecule has 26 heavy (non-hydrogen) atoms. The highest BCUT2D eigenvalue weighted by atomic mass is 16.8. The first-order valence-corrected chi connectivity index (χ1v) is 9.60. The van der Waals surface area contributed by atoms with E-state index in [1.807, 2.05) is 18.2 Å². The molecule has 1 aliphatic carbocycles. The van der Waals surface area contributed by atoms with E-state index in [0.29, 0.717) is 12.0 Å². The molecule has 3 atom stereocenters. The van der Waals surface area contributed by atoms with Crippen molar-refractivity contribution in [2.75, 3.05) is 6.61 Å². The highest BCUT2D eigenvalue weighted by Gasteiger charge is 2.57. The van der Waals surface area contributed by atoms with Crippen LogP contribution in [0.5, 0.6) is 0 Å². The van der Waals surface area contributed by atoms with Crippen molar-refractivity contribution < 1.29 is 9.57 Å². The predicted molar refractivity (Wildman–Crippen MR) is 100 cm³/mol. The van der Waals surface area contributed by atoms with Gasteiger partial charge in [0.15, 0.2) is 5.84 Å². The summed E-state index contributed by atoms with van der Waals surface area (Å²) in [6, 6.07) is 19.2. The van der Waals surface area contributed by atoms with Gasteiger partial charge >= 0.3 is 5.91 Å². The van der Waals surface area contributed by atoms with Gasteiger partial charge in [0.05, 0.1) is 6.61 Å². The Labute approximate surface area is 154 Å². The summed E-state index contributed by atoms with van der Waals surface area (Å²) in [5.41, 5.74) is 3.32. The minimum atomic E-state index is -0.933. The summed E-state index contributed by atoms with van der Waals surface area (Å²) >= 11 is 0. The van der Waals surface area contributed by atoms with Gasteiger partial charge < -0.3 is 9.57 Å². The molecule has 2 aliphatic heterocycles. The smallest absolute Gasteiger partial charge is 0.332 e. The van der Waals surface area contributed by atoms with Gasteiger partial charge in [-0.05, 0) is 31.9 Å². The third kappa shape index (κ3) is 2.36. The van der Waals surface area contributed by atoms with E-state index in [4.69, 9.17) is 9.57 Å². The Kier molecular flexibility index (Phi) is 3.75. The van der Waals surface area contributed by atoms with Crippen molar-refractivity contribution >= 4 is 5.84 Å². The minimum absolute atomic E-state index is 0.403. The quantitative estimate of drug-likeness (QED) is 0.807. The molecule has 0 unspecified atom stereocenters. The Balaban J connectivity index is 1.61. The van der Waals surface area contributed by atoms with Gasteiger partial charge in [-0.3, -0.25) is 4.90 Å². The maximum absolute atomic E-state index is 6.43. The van der Waals surface area contributed by atoms with Crippen molar-refractivity contribution in [2.45, 2.75) is 44.6 Å². The van der Waals surface area contributed by atoms with Gasteiger partial charge in [0.1, 0.15) is 0 Å². The molecule has 0 aromatic heterocycles. The van der Waals surface area contributed by atoms with Crippen molar-refractivity contribution in [1.82, 2.24) is 4.90 Å². The van der Waals surface area contributed by atoms with E-state index in [1.165, 1.54) is 24.8 Å². The maximum Gasteiger partial charge on any atom is 0.348 e. The lowest BCUT2D eigenvalue weighted by atomic mass is 9.81. The second-order valence-electron chi connectivity index (χ2n) is 7.61. The molecule has 2 aromatic carbocycles. The molecule has 3 aliphatic rings. The molecule has 2 aromatic rings. The summed E-state index contributed by atoms with van der Waals surface area (Å²) in [6.45, 7) is 2.83. The molecule has 4 nitrogen and oxygen atoms in total. The first-order chi connectivity index (χ1) is 12.8. The average molecular weight is 348 g/mol. The Hall–Kier alpha value is -2.33. The number of aryl methyl sites for hydroxylation is 1. The van der Waals surface area contributed by atoms with E-state index in [9.17, 15) is 0 Å². The second-order valence-corrected chi connectivity index (χ2v) is 7.61. The first kappa shape index (κ1) is 15.9. The fourth-order valence-electron chi connectivity index (χ4n) is 4.56. The molecule has 2 heterocycles. The number of fused-ring (bicyclic) bond motifs is 3. The number of hydrogen-bond acceptors (Lipinski definition) is 4. The van der Waals surface area contributed by atoms with Gasteiger partial charge in [-0.25, -0.2) is 0 Å². The zero-order chi connectivity index (χ0) is 17.6. The van der Waals surface area contributed by atoms with E-state index in [1.54, 1.807) is 0 Å². The number of ether oxygens (including phenoxy) is 1. The number of oxime groups is 1. The van der Waals surface area contributed by atoms with Gasteiger partial charge in [0, 0.05) is 23.1 Å². The van der Waals surface area contributed by atoms with Gasteiger partial charge in [-0.15, -0.1) is 0 Å². The first-order valence-electron chi connectivity index (χ1n) is 9.60. The van der Waals surface area contributed by atoms with Crippen LogP contribution in [0.2, 0.25) is 0 Å². The van der Waals surface area contributed by atoms with Gasteiger partial charge in [0.25, 0.3) is 0 Å². The van der Waals surface area contributed by atoms with E-state index in [2.05, 4.69) is 53.4 Å². The van der Waals surface area contributed by atoms with Crippen LogP contribution in [0.15, 0.2) is 59.8 Å². The molecule has 4 heteroatoms. The summed E-state index contributed by atoms with van der Waals surface area (Å²) in [5, 5.41) is 4.53. The Morgan fingerprint density at radius 2 is 1.77 bits per heavy atom. The number of rotatable bonds is 2. The fourth-order valence-corrected chi connectivity index (χ4v) is 4.56. The molecule has 0 N–H and O–H groups in total. The molecule has 2 fully saturated rings. The van der Waals surface area contributed by atoms with E-state index >= 15 is 0 Å². The Bertz CT molecular complexity index is 818. The van der Waals surface area contributed by atoms with Crippen LogP contribution in [-0.2, 0) is 15.5 Å². The molecule has 134 valence electrons. The van der Waals surface area contributed by atoms with Gasteiger partial charge in [-0.2, -0.15) is 0 Å². The average Bonchev–Trinajstić information content (AvgIpc) is 3.10. The third-order valence-corrected chi connectivity index (χ3v) is 5.94. The van der Waals surface area contributed by atoms with Crippen LogP contribution in [0.4, 0.5) is 0 Å². The lowest BCUT2D eigenvalue weighted by Crippen LogP contribution is -2.61. The van der Waals surface area contributed by atoms with Crippen LogP contribution in [-0.4, -0.2) is 23.4 Å². The Morgan fingerprint density at radius 3 is 2.58 bits per heavy atom. The lowest BCUT2D eigenvalue weighted by Gasteiger charge is -2.50. The molecule has 1 saturated heterocycles. The summed E-state index contributed by atoms with van der Waals surface area (Å²) < 4.78 is 6.43. The normalized spacial score (nSPS) is 30.2. The molecular formula is C22H24N2O2. The number of benzene rings is 2. The second kappa shape index (κ2) is 6.13. The Morgan fingerprint density at radius 1 is 1.00 bits per heavy atom. The SMILES string of the molecule is Cc1ccc([C@]23OC[C@@H]4CCCC[C@@H]4N2C(c2ccccc2)=NO3)cc1. The number of amidine groups is 1. The highest BCUT2D eigenvalue weighted by molar-refractivity contribution is 5.99. The van der Waals surface area contributed by atoms with Gasteiger partial charge in [-0.1, -0.05) is 66.0 Å². The summed E-state index contributed by atoms with van der Waals surface area (Å²) in [5.74, 6) is 0.498. The summed E-state index contributed by atoms with van der Waals surface area (Å²) in [6.07, 6.45) is 4.92. The molecular weight excluding hydrogens is 324 g/mol. The van der Waals surface area contributed by atoms with Crippen molar-refractivity contribution in [3.05, 3.63) is 71.3 Å². The van der Waals surface area contributed by atoms with Gasteiger partial charge in [0.2, 0.25) is 0 Å². The van der Waals surface area contributed by atoms with E-state index in [-0.39, 0.29) is 0 Å². The maximum atomic E-state index is 6.43. The minimum Gasteiger partial charge on any atom is -0.332 e. The van der Waals surface area contributed by atoms with Crippen molar-refractivity contribution in [3.8, 4) is 0 Å². The third-order valence-electron chi connectivity index (χ3n) is 5.94. The largest absolute Gasteiger partial charge is 0.348 e. The molecule has 1 saturated carbocycles. The summed E-state index contributed by atoms with van der Waals surface area (Å²) in [4.78, 5) is 8.40. The zero-order valence-corrected chi connectivity index (χ0v) is 15.1. The number of hydrogen-bond donors (Lipinski definition) is 0. The van der Waals surface area contributed by atoms with Crippen LogP contribution in [0.25, 0.3) is 0 Å². The molecule has 0 spiro atoms. The molecule has 0 bridgehead atoms. The van der Waals surface area contributed by atoms with Crippen LogP contribution in [0.1, 0.15) is 42.4 Å². The highest BCUT2D eigenvalue weighted by Crippen LogP contribution is 2.47. The van der Waals surface area contributed by atoms with Crippen molar-refractivity contribution in [2.24, 2.45) is 11.1 Å². The standard InChI is InChI=1S/C22H24N2O2/c1-16-11-13-19(14-12-16)22-24(20-10-6-5-9-18(20)15-25-22)21(23-26-22)17-7-3-2-4-8-17/h2-4,7-8,11-14,18,20H,5-6,9-10,15H2,1H3/t18-,20-,22+/m0/s1. The summed E-state index contributed by atoms with van der Waals surface area (Å²) in [7, 11) is 0. The lowest BCUT2D eigenvalue weighted by molar-refractivity contribution is -0.335. The van der Waals surface area contributed by atoms with Crippen LogP contribution >= 0.6 is 0 Å². The van der Waals surface area contributed by atoms with Crippen molar-refractivity contribution in [1.29, 1.82) is 0 Å². The van der Waals surface area contributed by atoms with Crippen LogP contribution in [0, 0.1) is 12.8 Å².